The van der Waals surface area contributed by atoms with Crippen molar-refractivity contribution in [1.82, 2.24) is 15.0 Å². The molecule has 2 aromatic rings. The van der Waals surface area contributed by atoms with Gasteiger partial charge in [-0.3, -0.25) is 4.90 Å². The van der Waals surface area contributed by atoms with E-state index in [1.807, 2.05) is 37.3 Å². The third kappa shape index (κ3) is 3.76. The number of ether oxygens (including phenoxy) is 1. The number of aliphatic hydroxyl groups is 1. The molecule has 2 aliphatic heterocycles. The average Bonchev–Trinajstić information content (AvgIpc) is 3.06. The summed E-state index contributed by atoms with van der Waals surface area (Å²) in [5.74, 6) is 1.28. The molecule has 2 saturated heterocycles. The first-order valence-electron chi connectivity index (χ1n) is 9.00. The maximum Gasteiger partial charge on any atom is 0.257 e. The number of likely N-dealkylation sites (tertiary alicyclic amines) is 1. The van der Waals surface area contributed by atoms with Gasteiger partial charge in [0, 0.05) is 25.1 Å². The Hall–Kier alpha value is -1.76. The van der Waals surface area contributed by atoms with E-state index in [1.54, 1.807) is 0 Å². The number of piperidine rings is 1. The third-order valence-electron chi connectivity index (χ3n) is 5.37. The summed E-state index contributed by atoms with van der Waals surface area (Å²) in [5, 5.41) is 14.5. The highest BCUT2D eigenvalue weighted by molar-refractivity contribution is 5.51. The molecular weight excluding hydrogens is 318 g/mol. The zero-order valence-corrected chi connectivity index (χ0v) is 14.6. The van der Waals surface area contributed by atoms with Crippen molar-refractivity contribution < 1.29 is 14.4 Å². The van der Waals surface area contributed by atoms with Crippen LogP contribution in [0.25, 0.3) is 11.5 Å². The fourth-order valence-corrected chi connectivity index (χ4v) is 3.98. The summed E-state index contributed by atoms with van der Waals surface area (Å²) in [6.45, 7) is 5.10. The van der Waals surface area contributed by atoms with Crippen LogP contribution in [0.4, 0.5) is 0 Å². The second kappa shape index (κ2) is 6.52. The normalized spacial score (nSPS) is 26.8. The van der Waals surface area contributed by atoms with Crippen molar-refractivity contribution in [3.8, 4) is 11.5 Å². The van der Waals surface area contributed by atoms with E-state index in [2.05, 4.69) is 15.0 Å². The molecule has 134 valence electrons. The minimum absolute atomic E-state index is 0.162. The number of nitrogens with zero attached hydrogens (tertiary/aromatic N) is 3. The van der Waals surface area contributed by atoms with E-state index in [-0.39, 0.29) is 5.60 Å². The average molecular weight is 343 g/mol. The number of rotatable bonds is 3. The molecule has 1 unspecified atom stereocenters. The molecule has 0 radical (unpaired) electrons. The van der Waals surface area contributed by atoms with E-state index in [0.717, 1.165) is 44.3 Å². The van der Waals surface area contributed by atoms with Crippen LogP contribution in [0.3, 0.4) is 0 Å². The monoisotopic (exact) mass is 343 g/mol. The van der Waals surface area contributed by atoms with Gasteiger partial charge in [-0.25, -0.2) is 0 Å². The van der Waals surface area contributed by atoms with Crippen LogP contribution in [0.5, 0.6) is 0 Å². The lowest BCUT2D eigenvalue weighted by Gasteiger charge is -2.48. The number of hydrogen-bond donors (Lipinski definition) is 1. The lowest BCUT2D eigenvalue weighted by molar-refractivity contribution is -0.173. The zero-order chi connectivity index (χ0) is 17.3. The van der Waals surface area contributed by atoms with Gasteiger partial charge in [-0.2, -0.15) is 4.98 Å². The lowest BCUT2D eigenvalue weighted by Crippen LogP contribution is -2.53. The quantitative estimate of drug-likeness (QED) is 0.924. The topological polar surface area (TPSA) is 71.6 Å². The molecule has 3 heterocycles. The van der Waals surface area contributed by atoms with Crippen LogP contribution < -0.4 is 0 Å². The smallest absolute Gasteiger partial charge is 0.257 e. The summed E-state index contributed by atoms with van der Waals surface area (Å²) >= 11 is 0. The zero-order valence-electron chi connectivity index (χ0n) is 14.6. The van der Waals surface area contributed by atoms with Gasteiger partial charge in [0.25, 0.3) is 5.89 Å². The predicted molar refractivity (Wildman–Crippen MR) is 92.8 cm³/mol. The highest BCUT2D eigenvalue weighted by Crippen LogP contribution is 2.39. The highest BCUT2D eigenvalue weighted by Gasteiger charge is 2.44. The largest absolute Gasteiger partial charge is 0.390 e. The summed E-state index contributed by atoms with van der Waals surface area (Å²) in [4.78, 5) is 6.84. The number of benzene rings is 1. The maximum absolute atomic E-state index is 10.4. The minimum atomic E-state index is -0.599. The van der Waals surface area contributed by atoms with Crippen LogP contribution in [0.1, 0.15) is 38.4 Å². The molecule has 25 heavy (non-hydrogen) atoms. The van der Waals surface area contributed by atoms with E-state index >= 15 is 0 Å². The summed E-state index contributed by atoms with van der Waals surface area (Å²) in [6, 6.07) is 9.82. The van der Waals surface area contributed by atoms with Gasteiger partial charge in [-0.05, 0) is 38.3 Å². The van der Waals surface area contributed by atoms with Crippen LogP contribution in [0.15, 0.2) is 34.9 Å². The van der Waals surface area contributed by atoms with Gasteiger partial charge in [-0.15, -0.1) is 0 Å². The van der Waals surface area contributed by atoms with Crippen LogP contribution in [0.2, 0.25) is 0 Å². The SMILES string of the molecule is CC1(O)CCOC2(CCN(Cc3noc(-c4ccccc4)n3)CC2)C1. The Morgan fingerprint density at radius 1 is 1.16 bits per heavy atom. The number of hydrogen-bond acceptors (Lipinski definition) is 6. The molecule has 6 heteroatoms. The summed E-state index contributed by atoms with van der Waals surface area (Å²) in [6.07, 6.45) is 3.33. The van der Waals surface area contributed by atoms with E-state index in [4.69, 9.17) is 9.26 Å². The van der Waals surface area contributed by atoms with Gasteiger partial charge < -0.3 is 14.4 Å². The first-order valence-corrected chi connectivity index (χ1v) is 9.00. The summed E-state index contributed by atoms with van der Waals surface area (Å²) < 4.78 is 11.4. The summed E-state index contributed by atoms with van der Waals surface area (Å²) in [5.41, 5.74) is 0.181. The molecule has 4 rings (SSSR count). The van der Waals surface area contributed by atoms with E-state index in [1.165, 1.54) is 0 Å². The minimum Gasteiger partial charge on any atom is -0.390 e. The molecule has 6 nitrogen and oxygen atoms in total. The fourth-order valence-electron chi connectivity index (χ4n) is 3.98. The van der Waals surface area contributed by atoms with Crippen LogP contribution in [0, 0.1) is 0 Å². The van der Waals surface area contributed by atoms with E-state index in [0.29, 0.717) is 24.9 Å². The second-order valence-corrected chi connectivity index (χ2v) is 7.61. The first-order chi connectivity index (χ1) is 12.0. The molecular formula is C19H25N3O3. The molecule has 1 atom stereocenters. The van der Waals surface area contributed by atoms with Gasteiger partial charge in [0.15, 0.2) is 5.82 Å². The van der Waals surface area contributed by atoms with Gasteiger partial charge in [0.2, 0.25) is 0 Å². The molecule has 0 amide bonds. The molecule has 1 spiro atoms. The van der Waals surface area contributed by atoms with Crippen molar-refractivity contribution in [3.63, 3.8) is 0 Å². The van der Waals surface area contributed by atoms with Crippen molar-refractivity contribution in [2.24, 2.45) is 0 Å². The molecule has 1 aromatic heterocycles. The molecule has 0 bridgehead atoms. The standard InChI is InChI=1S/C19H25N3O3/c1-18(23)9-12-24-19(14-18)7-10-22(11-8-19)13-16-20-17(25-21-16)15-5-3-2-4-6-15/h2-6,23H,7-14H2,1H3. The maximum atomic E-state index is 10.4. The Morgan fingerprint density at radius 2 is 1.92 bits per heavy atom. The molecule has 1 aromatic carbocycles. The predicted octanol–water partition coefficient (Wildman–Crippen LogP) is 2.63. The Kier molecular flexibility index (Phi) is 4.35. The van der Waals surface area contributed by atoms with Crippen molar-refractivity contribution in [1.29, 1.82) is 0 Å². The van der Waals surface area contributed by atoms with Crippen molar-refractivity contribution in [2.75, 3.05) is 19.7 Å². The highest BCUT2D eigenvalue weighted by atomic mass is 16.5. The van der Waals surface area contributed by atoms with E-state index < -0.39 is 5.60 Å². The fraction of sp³-hybridized carbons (Fsp3) is 0.579. The molecule has 0 aliphatic carbocycles. The van der Waals surface area contributed by atoms with E-state index in [9.17, 15) is 5.11 Å². The van der Waals surface area contributed by atoms with Gasteiger partial charge in [0.1, 0.15) is 0 Å². The first kappa shape index (κ1) is 16.7. The van der Waals surface area contributed by atoms with Crippen LogP contribution in [-0.4, -0.2) is 51.0 Å². The molecule has 2 aliphatic rings. The van der Waals surface area contributed by atoms with Crippen molar-refractivity contribution >= 4 is 0 Å². The molecule has 0 saturated carbocycles. The molecule has 1 N–H and O–H groups in total. The molecule has 2 fully saturated rings. The summed E-state index contributed by atoms with van der Waals surface area (Å²) in [7, 11) is 0. The van der Waals surface area contributed by atoms with Gasteiger partial charge in [0.05, 0.1) is 24.4 Å². The Balaban J connectivity index is 1.36. The van der Waals surface area contributed by atoms with Crippen LogP contribution >= 0.6 is 0 Å². The Labute approximate surface area is 147 Å². The number of aromatic nitrogens is 2. The van der Waals surface area contributed by atoms with Crippen molar-refractivity contribution in [3.05, 3.63) is 36.2 Å². The van der Waals surface area contributed by atoms with Crippen LogP contribution in [-0.2, 0) is 11.3 Å². The Bertz CT molecular complexity index is 706. The second-order valence-electron chi connectivity index (χ2n) is 7.61. The lowest BCUT2D eigenvalue weighted by atomic mass is 9.78. The Morgan fingerprint density at radius 3 is 2.64 bits per heavy atom. The van der Waals surface area contributed by atoms with Gasteiger partial charge in [-0.1, -0.05) is 23.4 Å². The van der Waals surface area contributed by atoms with Gasteiger partial charge >= 0.3 is 0 Å². The third-order valence-corrected chi connectivity index (χ3v) is 5.37. The van der Waals surface area contributed by atoms with Crippen molar-refractivity contribution in [2.45, 2.75) is 50.4 Å².